The second-order valence-corrected chi connectivity index (χ2v) is 5.75. The van der Waals surface area contributed by atoms with Gasteiger partial charge in [0.2, 0.25) is 0 Å². The van der Waals surface area contributed by atoms with E-state index in [1.54, 1.807) is 6.92 Å². The predicted molar refractivity (Wildman–Crippen MR) is 75.2 cm³/mol. The van der Waals surface area contributed by atoms with Crippen molar-refractivity contribution in [2.24, 2.45) is 0 Å². The lowest BCUT2D eigenvalue weighted by atomic mass is 10.1. The van der Waals surface area contributed by atoms with Crippen LogP contribution in [0.15, 0.2) is 18.2 Å². The van der Waals surface area contributed by atoms with E-state index in [1.807, 2.05) is 0 Å². The molecule has 0 heterocycles. The molecule has 1 aromatic carbocycles. The van der Waals surface area contributed by atoms with Crippen molar-refractivity contribution in [3.05, 3.63) is 33.3 Å². The molecule has 1 fully saturated rings. The molecule has 1 atom stereocenters. The van der Waals surface area contributed by atoms with Crippen LogP contribution in [0.1, 0.15) is 19.8 Å². The molecule has 2 N–H and O–H groups in total. The molecular weight excluding hydrogens is 284 g/mol. The van der Waals surface area contributed by atoms with Gasteiger partial charge in [0.1, 0.15) is 12.2 Å². The van der Waals surface area contributed by atoms with E-state index >= 15 is 0 Å². The highest BCUT2D eigenvalue weighted by molar-refractivity contribution is 6.30. The molecular formula is C13H17ClN2O4. The molecule has 0 amide bonds. The van der Waals surface area contributed by atoms with Gasteiger partial charge in [-0.3, -0.25) is 10.1 Å². The zero-order valence-electron chi connectivity index (χ0n) is 11.1. The summed E-state index contributed by atoms with van der Waals surface area (Å²) in [4.78, 5) is 10.4. The Hall–Kier alpha value is -1.37. The lowest BCUT2D eigenvalue weighted by Gasteiger charge is -2.23. The van der Waals surface area contributed by atoms with Gasteiger partial charge in [0.05, 0.1) is 4.92 Å². The van der Waals surface area contributed by atoms with E-state index in [0.717, 1.165) is 12.8 Å². The van der Waals surface area contributed by atoms with Crippen molar-refractivity contribution >= 4 is 17.3 Å². The fourth-order valence-corrected chi connectivity index (χ4v) is 1.86. The number of rotatable bonds is 7. The van der Waals surface area contributed by atoms with Crippen LogP contribution in [0.5, 0.6) is 5.75 Å². The number of hydrogen-bond acceptors (Lipinski definition) is 5. The quantitative estimate of drug-likeness (QED) is 0.595. The van der Waals surface area contributed by atoms with Gasteiger partial charge in [-0.25, -0.2) is 0 Å². The number of aliphatic hydroxyl groups is 1. The van der Waals surface area contributed by atoms with Crippen molar-refractivity contribution < 1.29 is 14.8 Å². The molecule has 0 aromatic heterocycles. The fourth-order valence-electron chi connectivity index (χ4n) is 1.69. The summed E-state index contributed by atoms with van der Waals surface area (Å²) < 4.78 is 5.38. The molecule has 1 aliphatic carbocycles. The Morgan fingerprint density at radius 2 is 2.30 bits per heavy atom. The maximum atomic E-state index is 10.9. The summed E-state index contributed by atoms with van der Waals surface area (Å²) in [7, 11) is 0. The second-order valence-electron chi connectivity index (χ2n) is 5.31. The largest absolute Gasteiger partial charge is 0.484 e. The Morgan fingerprint density at radius 1 is 1.60 bits per heavy atom. The molecule has 0 bridgehead atoms. The van der Waals surface area contributed by atoms with E-state index in [1.165, 1.54) is 18.2 Å². The highest BCUT2D eigenvalue weighted by atomic mass is 35.5. The summed E-state index contributed by atoms with van der Waals surface area (Å²) in [6.07, 6.45) is 2.25. The number of nitro groups is 1. The smallest absolute Gasteiger partial charge is 0.312 e. The van der Waals surface area contributed by atoms with Gasteiger partial charge in [0.25, 0.3) is 0 Å². The van der Waals surface area contributed by atoms with Gasteiger partial charge in [-0.15, -0.1) is 0 Å². The SMILES string of the molecule is CC(O)(CNC1CC1)COc1ccc(Cl)cc1[N+](=O)[O-]. The van der Waals surface area contributed by atoms with Crippen LogP contribution in [0.25, 0.3) is 0 Å². The monoisotopic (exact) mass is 300 g/mol. The average Bonchev–Trinajstić information content (AvgIpc) is 3.19. The van der Waals surface area contributed by atoms with Crippen LogP contribution < -0.4 is 10.1 Å². The van der Waals surface area contributed by atoms with E-state index < -0.39 is 10.5 Å². The molecule has 0 aliphatic heterocycles. The molecule has 1 aliphatic rings. The second kappa shape index (κ2) is 5.95. The Labute approximate surface area is 121 Å². The fraction of sp³-hybridized carbons (Fsp3) is 0.538. The average molecular weight is 301 g/mol. The molecule has 0 radical (unpaired) electrons. The third-order valence-electron chi connectivity index (χ3n) is 3.01. The predicted octanol–water partition coefficient (Wildman–Crippen LogP) is 2.13. The molecule has 6 nitrogen and oxygen atoms in total. The number of benzene rings is 1. The molecule has 2 rings (SSSR count). The van der Waals surface area contributed by atoms with Crippen molar-refractivity contribution in [1.29, 1.82) is 0 Å². The molecule has 1 unspecified atom stereocenters. The number of nitrogens with one attached hydrogen (secondary N) is 1. The number of nitrogens with zero attached hydrogens (tertiary/aromatic N) is 1. The number of ether oxygens (including phenoxy) is 1. The minimum atomic E-state index is -1.09. The summed E-state index contributed by atoms with van der Waals surface area (Å²) in [6.45, 7) is 1.98. The van der Waals surface area contributed by atoms with Gasteiger partial charge in [0, 0.05) is 23.7 Å². The highest BCUT2D eigenvalue weighted by Gasteiger charge is 2.28. The lowest BCUT2D eigenvalue weighted by molar-refractivity contribution is -0.386. The van der Waals surface area contributed by atoms with Crippen molar-refractivity contribution in [1.82, 2.24) is 5.32 Å². The van der Waals surface area contributed by atoms with E-state index in [2.05, 4.69) is 5.32 Å². The van der Waals surface area contributed by atoms with Crippen molar-refractivity contribution in [2.45, 2.75) is 31.4 Å². The minimum absolute atomic E-state index is 0.0325. The van der Waals surface area contributed by atoms with Crippen LogP contribution in [0.3, 0.4) is 0 Å². The molecule has 1 aromatic rings. The van der Waals surface area contributed by atoms with Crippen LogP contribution in [0, 0.1) is 10.1 Å². The summed E-state index contributed by atoms with van der Waals surface area (Å²) in [5, 5.41) is 24.5. The molecule has 7 heteroatoms. The summed E-state index contributed by atoms with van der Waals surface area (Å²) in [6, 6.07) is 4.66. The van der Waals surface area contributed by atoms with Gasteiger partial charge in [0.15, 0.2) is 5.75 Å². The lowest BCUT2D eigenvalue weighted by Crippen LogP contribution is -2.43. The first-order chi connectivity index (χ1) is 9.37. The zero-order valence-corrected chi connectivity index (χ0v) is 11.9. The molecule has 0 spiro atoms. The number of nitro benzene ring substituents is 1. The van der Waals surface area contributed by atoms with Crippen molar-refractivity contribution in [3.63, 3.8) is 0 Å². The van der Waals surface area contributed by atoms with E-state index in [9.17, 15) is 15.2 Å². The maximum Gasteiger partial charge on any atom is 0.312 e. The number of hydrogen-bond donors (Lipinski definition) is 2. The standard InChI is InChI=1S/C13H17ClN2O4/c1-13(17,7-15-10-3-4-10)8-20-12-5-2-9(14)6-11(12)16(18)19/h2,5-6,10,15,17H,3-4,7-8H2,1H3. The summed E-state index contributed by atoms with van der Waals surface area (Å²) in [5.74, 6) is 0.103. The summed E-state index contributed by atoms with van der Waals surface area (Å²) in [5.41, 5.74) is -1.29. The van der Waals surface area contributed by atoms with Gasteiger partial charge in [-0.2, -0.15) is 0 Å². The van der Waals surface area contributed by atoms with Crippen molar-refractivity contribution in [2.75, 3.05) is 13.2 Å². The first kappa shape index (κ1) is 15.0. The third-order valence-corrected chi connectivity index (χ3v) is 3.24. The number of halogens is 1. The van der Waals surface area contributed by atoms with Crippen LogP contribution in [0.2, 0.25) is 5.02 Å². The van der Waals surface area contributed by atoms with Gasteiger partial charge in [-0.05, 0) is 31.9 Å². The van der Waals surface area contributed by atoms with Gasteiger partial charge in [-0.1, -0.05) is 11.6 Å². The molecule has 20 heavy (non-hydrogen) atoms. The third kappa shape index (κ3) is 4.33. The minimum Gasteiger partial charge on any atom is -0.484 e. The van der Waals surface area contributed by atoms with Gasteiger partial charge < -0.3 is 15.2 Å². The zero-order chi connectivity index (χ0) is 14.8. The topological polar surface area (TPSA) is 84.6 Å². The van der Waals surface area contributed by atoms with Gasteiger partial charge >= 0.3 is 5.69 Å². The Morgan fingerprint density at radius 3 is 2.90 bits per heavy atom. The normalized spacial score (nSPS) is 17.6. The van der Waals surface area contributed by atoms with E-state index in [-0.39, 0.29) is 23.1 Å². The molecule has 1 saturated carbocycles. The van der Waals surface area contributed by atoms with Crippen molar-refractivity contribution in [3.8, 4) is 5.75 Å². The highest BCUT2D eigenvalue weighted by Crippen LogP contribution is 2.30. The van der Waals surface area contributed by atoms with Crippen LogP contribution in [-0.4, -0.2) is 34.8 Å². The first-order valence-corrected chi connectivity index (χ1v) is 6.78. The van der Waals surface area contributed by atoms with Crippen LogP contribution in [-0.2, 0) is 0 Å². The van der Waals surface area contributed by atoms with Crippen LogP contribution >= 0.6 is 11.6 Å². The first-order valence-electron chi connectivity index (χ1n) is 6.40. The van der Waals surface area contributed by atoms with Crippen LogP contribution in [0.4, 0.5) is 5.69 Å². The Balaban J connectivity index is 1.96. The molecule has 0 saturated heterocycles. The maximum absolute atomic E-state index is 10.9. The van der Waals surface area contributed by atoms with E-state index in [0.29, 0.717) is 12.6 Å². The Kier molecular flexibility index (Phi) is 4.47. The Bertz CT molecular complexity index is 503. The summed E-state index contributed by atoms with van der Waals surface area (Å²) >= 11 is 5.72. The molecule has 110 valence electrons. The van der Waals surface area contributed by atoms with E-state index in [4.69, 9.17) is 16.3 Å².